The molecule has 2 nitrogen and oxygen atoms in total. The van der Waals surface area contributed by atoms with Gasteiger partial charge in [0.05, 0.1) is 11.4 Å². The number of aromatic amines is 1. The predicted octanol–water partition coefficient (Wildman–Crippen LogP) is 3.65. The van der Waals surface area contributed by atoms with Gasteiger partial charge in [-0.2, -0.15) is 0 Å². The van der Waals surface area contributed by atoms with Crippen molar-refractivity contribution in [3.63, 3.8) is 0 Å². The molecule has 0 aliphatic rings. The summed E-state index contributed by atoms with van der Waals surface area (Å²) in [6.07, 6.45) is 0.870. The highest BCUT2D eigenvalue weighted by atomic mass is 16.1. The van der Waals surface area contributed by atoms with E-state index in [1.807, 2.05) is 54.6 Å². The molecule has 0 fully saturated rings. The van der Waals surface area contributed by atoms with Crippen LogP contribution in [0.1, 0.15) is 10.5 Å². The lowest BCUT2D eigenvalue weighted by Gasteiger charge is -1.98. The van der Waals surface area contributed by atoms with Crippen molar-refractivity contribution < 1.29 is 4.79 Å². The molecule has 0 saturated heterocycles. The number of fused-ring (bicyclic) bond motifs is 1. The van der Waals surface area contributed by atoms with Crippen molar-refractivity contribution in [1.82, 2.24) is 4.98 Å². The van der Waals surface area contributed by atoms with Crippen molar-refractivity contribution in [2.75, 3.05) is 0 Å². The Balaban J connectivity index is 2.34. The van der Waals surface area contributed by atoms with Crippen LogP contribution < -0.4 is 0 Å². The highest BCUT2D eigenvalue weighted by molar-refractivity contribution is 6.04. The largest absolute Gasteiger partial charge is 0.351 e. The normalized spacial score (nSPS) is 10.6. The number of hydrogen-bond acceptors (Lipinski definition) is 1. The van der Waals surface area contributed by atoms with E-state index in [0.717, 1.165) is 28.3 Å². The molecule has 0 radical (unpaired) electrons. The molecule has 17 heavy (non-hydrogen) atoms. The molecule has 0 amide bonds. The van der Waals surface area contributed by atoms with Crippen molar-refractivity contribution in [2.45, 2.75) is 0 Å². The Morgan fingerprint density at radius 3 is 2.18 bits per heavy atom. The zero-order valence-corrected chi connectivity index (χ0v) is 9.18. The van der Waals surface area contributed by atoms with Crippen LogP contribution in [0, 0.1) is 0 Å². The molecule has 0 atom stereocenters. The summed E-state index contributed by atoms with van der Waals surface area (Å²) in [5.74, 6) is 0. The van der Waals surface area contributed by atoms with E-state index in [0.29, 0.717) is 5.69 Å². The van der Waals surface area contributed by atoms with Crippen LogP contribution in [0.15, 0.2) is 54.6 Å². The molecule has 3 rings (SSSR count). The lowest BCUT2D eigenvalue weighted by atomic mass is 10.1. The van der Waals surface area contributed by atoms with Crippen LogP contribution in [0.5, 0.6) is 0 Å². The van der Waals surface area contributed by atoms with Gasteiger partial charge in [-0.05, 0) is 5.56 Å². The minimum Gasteiger partial charge on any atom is -0.351 e. The predicted molar refractivity (Wildman–Crippen MR) is 69.1 cm³/mol. The van der Waals surface area contributed by atoms with Gasteiger partial charge in [0, 0.05) is 10.8 Å². The van der Waals surface area contributed by atoms with Crippen molar-refractivity contribution >= 4 is 17.1 Å². The molecule has 0 aliphatic carbocycles. The second kappa shape index (κ2) is 3.91. The van der Waals surface area contributed by atoms with Gasteiger partial charge in [0.1, 0.15) is 0 Å². The van der Waals surface area contributed by atoms with E-state index < -0.39 is 0 Å². The Morgan fingerprint density at radius 2 is 1.47 bits per heavy atom. The van der Waals surface area contributed by atoms with Crippen molar-refractivity contribution in [1.29, 1.82) is 0 Å². The standard InChI is InChI=1S/C15H11NO/c17-10-14-12-8-4-5-9-13(12)15(16-14)11-6-2-1-3-7-11/h1-10,16H. The second-order valence-electron chi connectivity index (χ2n) is 3.94. The number of H-pyrrole nitrogens is 1. The summed E-state index contributed by atoms with van der Waals surface area (Å²) >= 11 is 0. The molecular formula is C15H11NO. The third-order valence-electron chi connectivity index (χ3n) is 2.93. The Hall–Kier alpha value is -2.35. The maximum Gasteiger partial charge on any atom is 0.166 e. The Morgan fingerprint density at radius 1 is 0.824 bits per heavy atom. The second-order valence-corrected chi connectivity index (χ2v) is 3.94. The molecule has 0 bridgehead atoms. The quantitative estimate of drug-likeness (QED) is 0.658. The van der Waals surface area contributed by atoms with Gasteiger partial charge in [0.15, 0.2) is 6.29 Å². The van der Waals surface area contributed by atoms with Crippen molar-refractivity contribution in [2.24, 2.45) is 0 Å². The van der Waals surface area contributed by atoms with Gasteiger partial charge in [-0.1, -0.05) is 54.6 Å². The Bertz CT molecular complexity index is 668. The third kappa shape index (κ3) is 1.54. The average molecular weight is 221 g/mol. The first-order valence-corrected chi connectivity index (χ1v) is 5.51. The minimum atomic E-state index is 0.638. The van der Waals surface area contributed by atoms with E-state index in [2.05, 4.69) is 4.98 Å². The van der Waals surface area contributed by atoms with Crippen molar-refractivity contribution in [3.05, 3.63) is 60.3 Å². The summed E-state index contributed by atoms with van der Waals surface area (Å²) in [5.41, 5.74) is 2.74. The summed E-state index contributed by atoms with van der Waals surface area (Å²) in [4.78, 5) is 14.2. The van der Waals surface area contributed by atoms with Crippen LogP contribution in [0.4, 0.5) is 0 Å². The Labute approximate surface area is 98.9 Å². The maximum absolute atomic E-state index is 11.0. The SMILES string of the molecule is O=Cc1[nH]c(-c2ccccc2)c2ccccc12. The first-order valence-electron chi connectivity index (χ1n) is 5.51. The minimum absolute atomic E-state index is 0.638. The van der Waals surface area contributed by atoms with Gasteiger partial charge in [-0.25, -0.2) is 0 Å². The molecule has 0 aliphatic heterocycles. The molecular weight excluding hydrogens is 210 g/mol. The molecule has 2 heteroatoms. The highest BCUT2D eigenvalue weighted by Crippen LogP contribution is 2.29. The number of nitrogens with one attached hydrogen (secondary N) is 1. The van der Waals surface area contributed by atoms with Crippen LogP contribution >= 0.6 is 0 Å². The van der Waals surface area contributed by atoms with Crippen LogP contribution in [0.2, 0.25) is 0 Å². The number of hydrogen-bond donors (Lipinski definition) is 1. The first kappa shape index (κ1) is 9.85. The van der Waals surface area contributed by atoms with E-state index in [1.165, 1.54) is 0 Å². The van der Waals surface area contributed by atoms with Gasteiger partial charge in [-0.3, -0.25) is 4.79 Å². The lowest BCUT2D eigenvalue weighted by molar-refractivity contribution is 0.112. The number of carbonyl (C=O) groups excluding carboxylic acids is 1. The van der Waals surface area contributed by atoms with Crippen LogP contribution in [0.3, 0.4) is 0 Å². The molecule has 1 N–H and O–H groups in total. The average Bonchev–Trinajstić information content (AvgIpc) is 2.78. The molecule has 82 valence electrons. The van der Waals surface area contributed by atoms with E-state index in [4.69, 9.17) is 0 Å². The van der Waals surface area contributed by atoms with Crippen LogP contribution in [0.25, 0.3) is 22.0 Å². The fourth-order valence-electron chi connectivity index (χ4n) is 2.13. The molecule has 3 aromatic rings. The van der Waals surface area contributed by atoms with Gasteiger partial charge >= 0.3 is 0 Å². The lowest BCUT2D eigenvalue weighted by Crippen LogP contribution is -1.80. The van der Waals surface area contributed by atoms with Gasteiger partial charge in [0.25, 0.3) is 0 Å². The topological polar surface area (TPSA) is 32.9 Å². The van der Waals surface area contributed by atoms with Crippen molar-refractivity contribution in [3.8, 4) is 11.3 Å². The summed E-state index contributed by atoms with van der Waals surface area (Å²) < 4.78 is 0. The zero-order chi connectivity index (χ0) is 11.7. The number of benzene rings is 2. The van der Waals surface area contributed by atoms with Crippen LogP contribution in [-0.4, -0.2) is 11.3 Å². The number of aromatic nitrogens is 1. The van der Waals surface area contributed by atoms with Gasteiger partial charge < -0.3 is 4.98 Å². The van der Waals surface area contributed by atoms with Crippen LogP contribution in [-0.2, 0) is 0 Å². The van der Waals surface area contributed by atoms with E-state index in [9.17, 15) is 4.79 Å². The smallest absolute Gasteiger partial charge is 0.166 e. The first-order chi connectivity index (χ1) is 8.40. The fourth-order valence-corrected chi connectivity index (χ4v) is 2.13. The molecule has 2 aromatic carbocycles. The molecule has 0 spiro atoms. The summed E-state index contributed by atoms with van der Waals surface area (Å²) in [6.45, 7) is 0. The summed E-state index contributed by atoms with van der Waals surface area (Å²) in [6, 6.07) is 17.9. The third-order valence-corrected chi connectivity index (χ3v) is 2.93. The monoisotopic (exact) mass is 221 g/mol. The van der Waals surface area contributed by atoms with E-state index >= 15 is 0 Å². The van der Waals surface area contributed by atoms with E-state index in [-0.39, 0.29) is 0 Å². The summed E-state index contributed by atoms with van der Waals surface area (Å²) in [5, 5.41) is 2.06. The number of rotatable bonds is 2. The van der Waals surface area contributed by atoms with E-state index in [1.54, 1.807) is 0 Å². The highest BCUT2D eigenvalue weighted by Gasteiger charge is 2.09. The fraction of sp³-hybridized carbons (Fsp3) is 0. The Kier molecular flexibility index (Phi) is 2.26. The van der Waals surface area contributed by atoms with Gasteiger partial charge in [-0.15, -0.1) is 0 Å². The molecule has 1 aromatic heterocycles. The number of carbonyl (C=O) groups is 1. The summed E-state index contributed by atoms with van der Waals surface area (Å²) in [7, 11) is 0. The zero-order valence-electron chi connectivity index (χ0n) is 9.18. The molecule has 0 saturated carbocycles. The molecule has 1 heterocycles. The maximum atomic E-state index is 11.0. The molecule has 0 unspecified atom stereocenters. The number of aldehydes is 1. The van der Waals surface area contributed by atoms with Gasteiger partial charge in [0.2, 0.25) is 0 Å².